The number of fused-ring (bicyclic) bond motifs is 3. The van der Waals surface area contributed by atoms with Gasteiger partial charge in [-0.3, -0.25) is 14.5 Å². The van der Waals surface area contributed by atoms with Gasteiger partial charge in [-0.05, 0) is 18.2 Å². The number of carbonyl (C=O) groups is 2. The zero-order valence-corrected chi connectivity index (χ0v) is 9.43. The molecule has 2 aliphatic rings. The number of rotatable bonds is 0. The summed E-state index contributed by atoms with van der Waals surface area (Å²) in [6.45, 7) is 0.667. The first-order valence-corrected chi connectivity index (χ1v) is 5.58. The second-order valence-electron chi connectivity index (χ2n) is 4.24. The van der Waals surface area contributed by atoms with Crippen LogP contribution in [0.3, 0.4) is 0 Å². The lowest BCUT2D eigenvalue weighted by molar-refractivity contribution is -0.124. The Morgan fingerprint density at radius 3 is 3.00 bits per heavy atom. The van der Waals surface area contributed by atoms with Gasteiger partial charge in [0.1, 0.15) is 6.04 Å². The minimum Gasteiger partial charge on any atom is -0.322 e. The minimum atomic E-state index is -0.508. The number of nitriles is 1. The van der Waals surface area contributed by atoms with Crippen LogP contribution in [0.15, 0.2) is 18.2 Å². The monoisotopic (exact) mass is 242 g/mol. The first-order chi connectivity index (χ1) is 8.70. The van der Waals surface area contributed by atoms with Crippen molar-refractivity contribution in [2.24, 2.45) is 0 Å². The first-order valence-electron chi connectivity index (χ1n) is 5.58. The Hall–Kier alpha value is -2.39. The smallest absolute Gasteiger partial charge is 0.248 e. The summed E-state index contributed by atoms with van der Waals surface area (Å²) in [4.78, 5) is 25.3. The maximum Gasteiger partial charge on any atom is 0.248 e. The van der Waals surface area contributed by atoms with Gasteiger partial charge in [-0.1, -0.05) is 0 Å². The van der Waals surface area contributed by atoms with Crippen LogP contribution in [0.5, 0.6) is 0 Å². The molecule has 2 amide bonds. The predicted octanol–water partition coefficient (Wildman–Crippen LogP) is -0.185. The van der Waals surface area contributed by atoms with Gasteiger partial charge in [0.15, 0.2) is 0 Å². The number of carbonyl (C=O) groups excluding carboxylic acids is 2. The Morgan fingerprint density at radius 1 is 1.39 bits per heavy atom. The van der Waals surface area contributed by atoms with Crippen LogP contribution < -0.4 is 15.5 Å². The molecular weight excluding hydrogens is 232 g/mol. The van der Waals surface area contributed by atoms with Crippen molar-refractivity contribution in [2.75, 3.05) is 23.3 Å². The van der Waals surface area contributed by atoms with E-state index in [1.165, 1.54) is 4.90 Å². The van der Waals surface area contributed by atoms with Crippen molar-refractivity contribution in [3.8, 4) is 6.07 Å². The SMILES string of the molecule is N#Cc1ccc2c(c1)NC(=O)C1CNCC(=O)N21. The van der Waals surface area contributed by atoms with Crippen LogP contribution in [-0.4, -0.2) is 30.9 Å². The van der Waals surface area contributed by atoms with E-state index in [0.717, 1.165) is 0 Å². The Bertz CT molecular complexity index is 590. The average molecular weight is 242 g/mol. The van der Waals surface area contributed by atoms with Crippen molar-refractivity contribution < 1.29 is 9.59 Å². The van der Waals surface area contributed by atoms with E-state index in [9.17, 15) is 9.59 Å². The minimum absolute atomic E-state index is 0.132. The summed E-state index contributed by atoms with van der Waals surface area (Å²) < 4.78 is 0. The molecule has 1 aromatic rings. The molecule has 1 saturated heterocycles. The van der Waals surface area contributed by atoms with E-state index in [2.05, 4.69) is 10.6 Å². The van der Waals surface area contributed by atoms with Gasteiger partial charge in [0.2, 0.25) is 11.8 Å². The summed E-state index contributed by atoms with van der Waals surface area (Å²) >= 11 is 0. The van der Waals surface area contributed by atoms with E-state index in [1.54, 1.807) is 18.2 Å². The topological polar surface area (TPSA) is 85.2 Å². The van der Waals surface area contributed by atoms with Gasteiger partial charge in [-0.2, -0.15) is 5.26 Å². The van der Waals surface area contributed by atoms with Crippen LogP contribution in [0.25, 0.3) is 0 Å². The Labute approximate surface area is 103 Å². The fourth-order valence-electron chi connectivity index (χ4n) is 2.31. The molecule has 0 bridgehead atoms. The molecule has 0 spiro atoms. The Morgan fingerprint density at radius 2 is 2.22 bits per heavy atom. The number of nitrogens with zero attached hydrogens (tertiary/aromatic N) is 2. The summed E-state index contributed by atoms with van der Waals surface area (Å²) in [6, 6.07) is 6.42. The molecule has 3 rings (SSSR count). The summed E-state index contributed by atoms with van der Waals surface area (Å²) in [5.74, 6) is -0.356. The van der Waals surface area contributed by atoms with Crippen molar-refractivity contribution >= 4 is 23.2 Å². The van der Waals surface area contributed by atoms with Crippen LogP contribution in [0.4, 0.5) is 11.4 Å². The zero-order valence-electron chi connectivity index (χ0n) is 9.43. The number of anilines is 2. The third kappa shape index (κ3) is 1.45. The van der Waals surface area contributed by atoms with Crippen molar-refractivity contribution in [3.05, 3.63) is 23.8 Å². The molecule has 1 aromatic carbocycles. The number of nitrogens with one attached hydrogen (secondary N) is 2. The molecule has 0 saturated carbocycles. The normalized spacial score (nSPS) is 21.7. The first kappa shape index (κ1) is 10.7. The highest BCUT2D eigenvalue weighted by atomic mass is 16.2. The van der Waals surface area contributed by atoms with Gasteiger partial charge in [-0.25, -0.2) is 0 Å². The molecule has 0 aliphatic carbocycles. The summed E-state index contributed by atoms with van der Waals surface area (Å²) in [7, 11) is 0. The second-order valence-corrected chi connectivity index (χ2v) is 4.24. The van der Waals surface area contributed by atoms with Gasteiger partial charge in [0.05, 0.1) is 29.6 Å². The molecule has 90 valence electrons. The van der Waals surface area contributed by atoms with Crippen molar-refractivity contribution in [1.29, 1.82) is 5.26 Å². The number of amides is 2. The molecule has 2 aliphatic heterocycles. The van der Waals surface area contributed by atoms with Crippen LogP contribution in [0, 0.1) is 11.3 Å². The van der Waals surface area contributed by atoms with Crippen molar-refractivity contribution in [2.45, 2.75) is 6.04 Å². The number of hydrogen-bond donors (Lipinski definition) is 2. The Kier molecular flexibility index (Phi) is 2.28. The van der Waals surface area contributed by atoms with Crippen LogP contribution >= 0.6 is 0 Å². The van der Waals surface area contributed by atoms with E-state index in [1.807, 2.05) is 6.07 Å². The van der Waals surface area contributed by atoms with Crippen molar-refractivity contribution in [3.63, 3.8) is 0 Å². The fourth-order valence-corrected chi connectivity index (χ4v) is 2.31. The fraction of sp³-hybridized carbons (Fsp3) is 0.250. The van der Waals surface area contributed by atoms with Gasteiger partial charge in [0, 0.05) is 6.54 Å². The van der Waals surface area contributed by atoms with Crippen molar-refractivity contribution in [1.82, 2.24) is 5.32 Å². The molecule has 6 heteroatoms. The highest BCUT2D eigenvalue weighted by molar-refractivity contribution is 6.13. The lowest BCUT2D eigenvalue weighted by Crippen LogP contribution is -2.61. The molecule has 0 aromatic heterocycles. The molecule has 0 radical (unpaired) electrons. The third-order valence-corrected chi connectivity index (χ3v) is 3.14. The summed E-state index contributed by atoms with van der Waals surface area (Å²) in [5, 5.41) is 14.5. The molecule has 2 N–H and O–H groups in total. The molecule has 6 nitrogen and oxygen atoms in total. The van der Waals surface area contributed by atoms with Crippen LogP contribution in [-0.2, 0) is 9.59 Å². The summed E-state index contributed by atoms with van der Waals surface area (Å²) in [6.07, 6.45) is 0. The van der Waals surface area contributed by atoms with E-state index in [4.69, 9.17) is 5.26 Å². The van der Waals surface area contributed by atoms with Gasteiger partial charge < -0.3 is 10.6 Å². The van der Waals surface area contributed by atoms with E-state index < -0.39 is 6.04 Å². The molecular formula is C12H10N4O2. The zero-order chi connectivity index (χ0) is 12.7. The molecule has 1 unspecified atom stereocenters. The lowest BCUT2D eigenvalue weighted by Gasteiger charge is -2.39. The predicted molar refractivity (Wildman–Crippen MR) is 63.9 cm³/mol. The van der Waals surface area contributed by atoms with E-state index >= 15 is 0 Å². The van der Waals surface area contributed by atoms with E-state index in [0.29, 0.717) is 23.5 Å². The van der Waals surface area contributed by atoms with Crippen LogP contribution in [0.2, 0.25) is 0 Å². The maximum absolute atomic E-state index is 11.9. The van der Waals surface area contributed by atoms with Gasteiger partial charge in [-0.15, -0.1) is 0 Å². The maximum atomic E-state index is 11.9. The van der Waals surface area contributed by atoms with Crippen LogP contribution in [0.1, 0.15) is 5.56 Å². The lowest BCUT2D eigenvalue weighted by atomic mass is 10.0. The molecule has 18 heavy (non-hydrogen) atoms. The molecule has 1 fully saturated rings. The van der Waals surface area contributed by atoms with E-state index in [-0.39, 0.29) is 18.4 Å². The van der Waals surface area contributed by atoms with Gasteiger partial charge >= 0.3 is 0 Å². The highest BCUT2D eigenvalue weighted by Crippen LogP contribution is 2.33. The quantitative estimate of drug-likeness (QED) is 0.660. The number of benzene rings is 1. The second kappa shape index (κ2) is 3.82. The number of piperazine rings is 1. The highest BCUT2D eigenvalue weighted by Gasteiger charge is 2.39. The number of hydrogen-bond acceptors (Lipinski definition) is 4. The van der Waals surface area contributed by atoms with Gasteiger partial charge in [0.25, 0.3) is 0 Å². The third-order valence-electron chi connectivity index (χ3n) is 3.14. The summed E-state index contributed by atoms with van der Waals surface area (Å²) in [5.41, 5.74) is 1.63. The molecule has 2 heterocycles. The Balaban J connectivity index is 2.12. The standard InChI is InChI=1S/C12H10N4O2/c13-4-7-1-2-9-8(3-7)15-12(18)10-5-14-6-11(17)16(9)10/h1-3,10,14H,5-6H2,(H,15,18). The average Bonchev–Trinajstić information content (AvgIpc) is 2.38. The molecule has 1 atom stereocenters. The largest absolute Gasteiger partial charge is 0.322 e.